The largest absolute Gasteiger partial charge is 0.494 e. The summed E-state index contributed by atoms with van der Waals surface area (Å²) in [7, 11) is -3.56. The Labute approximate surface area is 153 Å². The highest BCUT2D eigenvalue weighted by Crippen LogP contribution is 2.37. The Morgan fingerprint density at radius 2 is 1.92 bits per heavy atom. The number of hydrogen-bond acceptors (Lipinski definition) is 5. The van der Waals surface area contributed by atoms with Crippen LogP contribution in [0.1, 0.15) is 24.6 Å². The van der Waals surface area contributed by atoms with Crippen LogP contribution in [0.4, 0.5) is 0 Å². The molecule has 1 saturated heterocycles. The molecule has 2 heterocycles. The average molecular weight is 382 g/mol. The third-order valence-corrected chi connectivity index (χ3v) is 7.07. The predicted molar refractivity (Wildman–Crippen MR) is 98.8 cm³/mol. The van der Waals surface area contributed by atoms with Gasteiger partial charge >= 0.3 is 0 Å². The van der Waals surface area contributed by atoms with Crippen molar-refractivity contribution in [2.75, 3.05) is 26.4 Å². The molecule has 3 rings (SSSR count). The molecule has 0 unspecified atom stereocenters. The van der Waals surface area contributed by atoms with Gasteiger partial charge in [0.1, 0.15) is 5.75 Å². The molecular weight excluding hydrogens is 358 g/mol. The molecule has 1 N–H and O–H groups in total. The molecule has 0 bridgehead atoms. The summed E-state index contributed by atoms with van der Waals surface area (Å²) in [6, 6.07) is 10.6. The Morgan fingerprint density at radius 3 is 2.52 bits per heavy atom. The molecule has 0 aliphatic carbocycles. The average Bonchev–Trinajstić information content (AvgIpc) is 3.17. The highest BCUT2D eigenvalue weighted by molar-refractivity contribution is 7.89. The first-order chi connectivity index (χ1) is 12.1. The van der Waals surface area contributed by atoms with E-state index in [2.05, 4.69) is 10.8 Å². The summed E-state index contributed by atoms with van der Waals surface area (Å²) in [6.07, 6.45) is 1.64. The second kappa shape index (κ2) is 7.86. The molecule has 5 nitrogen and oxygen atoms in total. The molecule has 1 aliphatic rings. The van der Waals surface area contributed by atoms with Crippen LogP contribution in [0.3, 0.4) is 0 Å². The van der Waals surface area contributed by atoms with Gasteiger partial charge in [0.2, 0.25) is 10.0 Å². The topological polar surface area (TPSA) is 64.6 Å². The van der Waals surface area contributed by atoms with E-state index in [9.17, 15) is 8.42 Å². The number of nitrogens with one attached hydrogen (secondary N) is 1. The quantitative estimate of drug-likeness (QED) is 0.800. The third kappa shape index (κ3) is 4.23. The van der Waals surface area contributed by atoms with Crippen molar-refractivity contribution >= 4 is 21.4 Å². The fraction of sp³-hybridized carbons (Fsp3) is 0.444. The lowest BCUT2D eigenvalue weighted by Crippen LogP contribution is -2.44. The van der Waals surface area contributed by atoms with Crippen molar-refractivity contribution in [2.24, 2.45) is 0 Å². The van der Waals surface area contributed by atoms with Gasteiger partial charge in [-0.3, -0.25) is 0 Å². The van der Waals surface area contributed by atoms with E-state index in [-0.39, 0.29) is 10.3 Å². The molecular formula is C18H23NO4S2. The van der Waals surface area contributed by atoms with Crippen LogP contribution in [0.25, 0.3) is 0 Å². The summed E-state index contributed by atoms with van der Waals surface area (Å²) in [5, 5.41) is 2.04. The Hall–Kier alpha value is -1.41. The van der Waals surface area contributed by atoms with Crippen molar-refractivity contribution in [3.8, 4) is 5.75 Å². The molecule has 0 amide bonds. The van der Waals surface area contributed by atoms with Gasteiger partial charge in [-0.15, -0.1) is 11.3 Å². The number of rotatable bonds is 7. The first-order valence-corrected chi connectivity index (χ1v) is 10.8. The maximum Gasteiger partial charge on any atom is 0.240 e. The van der Waals surface area contributed by atoms with Gasteiger partial charge in [0.05, 0.1) is 11.5 Å². The first-order valence-electron chi connectivity index (χ1n) is 8.40. The van der Waals surface area contributed by atoms with Crippen molar-refractivity contribution in [3.05, 3.63) is 46.7 Å². The maximum absolute atomic E-state index is 12.7. The molecule has 7 heteroatoms. The van der Waals surface area contributed by atoms with Crippen molar-refractivity contribution in [2.45, 2.75) is 30.1 Å². The maximum atomic E-state index is 12.7. The summed E-state index contributed by atoms with van der Waals surface area (Å²) in [4.78, 5) is 1.47. The van der Waals surface area contributed by atoms with E-state index in [0.717, 1.165) is 12.8 Å². The highest BCUT2D eigenvalue weighted by Gasteiger charge is 2.36. The van der Waals surface area contributed by atoms with Crippen LogP contribution in [-0.2, 0) is 20.2 Å². The Balaban J connectivity index is 1.75. The third-order valence-electron chi connectivity index (χ3n) is 4.54. The van der Waals surface area contributed by atoms with Gasteiger partial charge in [0.15, 0.2) is 0 Å². The fourth-order valence-corrected chi connectivity index (χ4v) is 5.17. The van der Waals surface area contributed by atoms with E-state index < -0.39 is 10.0 Å². The summed E-state index contributed by atoms with van der Waals surface area (Å²) in [5.41, 5.74) is -0.190. The second-order valence-corrected chi connectivity index (χ2v) is 8.81. The lowest BCUT2D eigenvalue weighted by Gasteiger charge is -2.36. The van der Waals surface area contributed by atoms with Gasteiger partial charge in [0, 0.05) is 30.1 Å². The van der Waals surface area contributed by atoms with Crippen molar-refractivity contribution in [1.29, 1.82) is 0 Å². The summed E-state index contributed by atoms with van der Waals surface area (Å²) >= 11 is 1.68. The first kappa shape index (κ1) is 18.4. The molecule has 0 saturated carbocycles. The molecule has 2 aromatic rings. The molecule has 0 radical (unpaired) electrons. The zero-order valence-electron chi connectivity index (χ0n) is 14.2. The number of ether oxygens (including phenoxy) is 2. The predicted octanol–water partition coefficient (Wildman–Crippen LogP) is 3.17. The molecule has 0 spiro atoms. The van der Waals surface area contributed by atoms with E-state index in [1.165, 1.54) is 4.88 Å². The van der Waals surface area contributed by atoms with Crippen LogP contribution in [-0.4, -0.2) is 34.8 Å². The fourth-order valence-electron chi connectivity index (χ4n) is 3.05. The van der Waals surface area contributed by atoms with Crippen molar-refractivity contribution < 1.29 is 17.9 Å². The smallest absolute Gasteiger partial charge is 0.240 e. The van der Waals surface area contributed by atoms with E-state index in [0.29, 0.717) is 32.1 Å². The van der Waals surface area contributed by atoms with E-state index in [1.807, 2.05) is 18.4 Å². The Bertz CT molecular complexity index is 764. The molecule has 1 fully saturated rings. The number of hydrogen-bond donors (Lipinski definition) is 1. The lowest BCUT2D eigenvalue weighted by atomic mass is 9.79. The summed E-state index contributed by atoms with van der Waals surface area (Å²) in [5.74, 6) is 0.668. The number of sulfonamides is 1. The van der Waals surface area contributed by atoms with E-state index in [4.69, 9.17) is 9.47 Å². The van der Waals surface area contributed by atoms with Gasteiger partial charge in [-0.25, -0.2) is 13.1 Å². The molecule has 0 atom stereocenters. The van der Waals surface area contributed by atoms with E-state index >= 15 is 0 Å². The molecule has 1 aromatic carbocycles. The monoisotopic (exact) mass is 381 g/mol. The summed E-state index contributed by atoms with van der Waals surface area (Å²) < 4.78 is 39.0. The van der Waals surface area contributed by atoms with Crippen molar-refractivity contribution in [3.63, 3.8) is 0 Å². The highest BCUT2D eigenvalue weighted by atomic mass is 32.2. The van der Waals surface area contributed by atoms with Gasteiger partial charge in [0.25, 0.3) is 0 Å². The minimum Gasteiger partial charge on any atom is -0.494 e. The number of benzene rings is 1. The van der Waals surface area contributed by atoms with Gasteiger partial charge in [-0.2, -0.15) is 0 Å². The second-order valence-electron chi connectivity index (χ2n) is 6.10. The van der Waals surface area contributed by atoms with Gasteiger partial charge < -0.3 is 9.47 Å². The van der Waals surface area contributed by atoms with Crippen LogP contribution in [0.5, 0.6) is 5.75 Å². The number of thiophene rings is 1. The van der Waals surface area contributed by atoms with Crippen LogP contribution in [0.2, 0.25) is 0 Å². The molecule has 25 heavy (non-hydrogen) atoms. The minimum atomic E-state index is -3.56. The standard InChI is InChI=1S/C18H23NO4S2/c1-2-23-15-5-7-16(8-6-15)25(20,21)19-14-18(9-11-22-12-10-18)17-4-3-13-24-17/h3-8,13,19H,2,9-12,14H2,1H3. The zero-order chi connectivity index (χ0) is 17.8. The summed E-state index contributed by atoms with van der Waals surface area (Å²) in [6.45, 7) is 4.14. The minimum absolute atomic E-state index is 0.190. The van der Waals surface area contributed by atoms with Crippen molar-refractivity contribution in [1.82, 2.24) is 4.72 Å². The Morgan fingerprint density at radius 1 is 1.20 bits per heavy atom. The van der Waals surface area contributed by atoms with E-state index in [1.54, 1.807) is 35.6 Å². The van der Waals surface area contributed by atoms with Crippen LogP contribution >= 0.6 is 11.3 Å². The van der Waals surface area contributed by atoms with Crippen LogP contribution in [0.15, 0.2) is 46.7 Å². The SMILES string of the molecule is CCOc1ccc(S(=O)(=O)NCC2(c3cccs3)CCOCC2)cc1. The normalized spacial score (nSPS) is 17.3. The molecule has 1 aromatic heterocycles. The molecule has 136 valence electrons. The Kier molecular flexibility index (Phi) is 5.78. The zero-order valence-corrected chi connectivity index (χ0v) is 15.9. The lowest BCUT2D eigenvalue weighted by molar-refractivity contribution is 0.0529. The van der Waals surface area contributed by atoms with Gasteiger partial charge in [-0.05, 0) is 55.5 Å². The van der Waals surface area contributed by atoms with Crippen LogP contribution < -0.4 is 9.46 Å². The van der Waals surface area contributed by atoms with Gasteiger partial charge in [-0.1, -0.05) is 6.07 Å². The molecule has 1 aliphatic heterocycles. The van der Waals surface area contributed by atoms with Crippen LogP contribution in [0, 0.1) is 0 Å².